The Kier molecular flexibility index (Phi) is 6.59. The van der Waals surface area contributed by atoms with Crippen LogP contribution in [0.3, 0.4) is 0 Å². The smallest absolute Gasteiger partial charge is 0.337 e. The van der Waals surface area contributed by atoms with Crippen molar-refractivity contribution in [1.82, 2.24) is 10.1 Å². The number of aromatic nitrogens is 2. The summed E-state index contributed by atoms with van der Waals surface area (Å²) in [6.45, 7) is 0.417. The van der Waals surface area contributed by atoms with Crippen molar-refractivity contribution in [3.05, 3.63) is 113 Å². The summed E-state index contributed by atoms with van der Waals surface area (Å²) >= 11 is 0. The van der Waals surface area contributed by atoms with E-state index in [4.69, 9.17) is 9.26 Å². The number of esters is 1. The van der Waals surface area contributed by atoms with E-state index in [1.165, 1.54) is 7.11 Å². The van der Waals surface area contributed by atoms with Crippen LogP contribution in [0, 0.1) is 11.8 Å². The molecule has 0 radical (unpaired) electrons. The Hall–Kier alpha value is -4.37. The summed E-state index contributed by atoms with van der Waals surface area (Å²) in [6, 6.07) is 24.8. The van der Waals surface area contributed by atoms with Gasteiger partial charge in [0.25, 0.3) is 0 Å². The van der Waals surface area contributed by atoms with Crippen LogP contribution in [0.5, 0.6) is 0 Å². The quantitative estimate of drug-likeness (QED) is 0.365. The molecule has 0 unspecified atom stereocenters. The lowest BCUT2D eigenvalue weighted by molar-refractivity contribution is 0.0600. The van der Waals surface area contributed by atoms with Crippen LogP contribution in [0.4, 0.5) is 5.69 Å². The maximum Gasteiger partial charge on any atom is 0.337 e. The maximum atomic E-state index is 11.7. The van der Waals surface area contributed by atoms with Crippen molar-refractivity contribution in [3.63, 3.8) is 0 Å². The summed E-state index contributed by atoms with van der Waals surface area (Å²) in [4.78, 5) is 16.1. The van der Waals surface area contributed by atoms with Crippen LogP contribution in [-0.4, -0.2) is 23.2 Å². The van der Waals surface area contributed by atoms with Gasteiger partial charge in [-0.3, -0.25) is 0 Å². The predicted molar refractivity (Wildman–Crippen MR) is 121 cm³/mol. The predicted octanol–water partition coefficient (Wildman–Crippen LogP) is 4.46. The highest BCUT2D eigenvalue weighted by atomic mass is 16.5. The average molecular weight is 423 g/mol. The van der Waals surface area contributed by atoms with Gasteiger partial charge >= 0.3 is 5.97 Å². The minimum absolute atomic E-state index is 0.382. The molecule has 0 saturated heterocycles. The lowest BCUT2D eigenvalue weighted by Gasteiger charge is -2.03. The average Bonchev–Trinajstić information content (AvgIpc) is 3.29. The molecule has 6 nitrogen and oxygen atoms in total. The Morgan fingerprint density at radius 2 is 1.72 bits per heavy atom. The van der Waals surface area contributed by atoms with Crippen molar-refractivity contribution in [1.29, 1.82) is 0 Å². The normalized spacial score (nSPS) is 10.2. The summed E-state index contributed by atoms with van der Waals surface area (Å²) in [5.74, 6) is 7.00. The second-order valence-electron chi connectivity index (χ2n) is 7.02. The molecular formula is C26H21N3O3. The largest absolute Gasteiger partial charge is 0.465 e. The number of anilines is 1. The van der Waals surface area contributed by atoms with E-state index in [-0.39, 0.29) is 5.97 Å². The highest BCUT2D eigenvalue weighted by Gasteiger charge is 2.07. The van der Waals surface area contributed by atoms with Crippen LogP contribution in [-0.2, 0) is 17.7 Å². The molecule has 3 aromatic carbocycles. The van der Waals surface area contributed by atoms with Crippen molar-refractivity contribution in [2.24, 2.45) is 0 Å². The van der Waals surface area contributed by atoms with Gasteiger partial charge in [0, 0.05) is 23.2 Å². The fourth-order valence-electron chi connectivity index (χ4n) is 3.08. The molecule has 0 aliphatic heterocycles. The number of rotatable bonds is 6. The molecule has 1 N–H and O–H groups in total. The Balaban J connectivity index is 1.38. The van der Waals surface area contributed by atoms with Gasteiger partial charge in [-0.2, -0.15) is 4.98 Å². The fraction of sp³-hybridized carbons (Fsp3) is 0.115. The van der Waals surface area contributed by atoms with Gasteiger partial charge in [0.1, 0.15) is 0 Å². The van der Waals surface area contributed by atoms with Gasteiger partial charge in [-0.25, -0.2) is 4.79 Å². The van der Waals surface area contributed by atoms with E-state index in [9.17, 15) is 4.79 Å². The zero-order chi connectivity index (χ0) is 22.2. The summed E-state index contributed by atoms with van der Waals surface area (Å²) in [5.41, 5.74) is 4.08. The molecule has 0 aliphatic carbocycles. The number of carbonyl (C=O) groups is 1. The third-order valence-electron chi connectivity index (χ3n) is 4.66. The first-order valence-corrected chi connectivity index (χ1v) is 10.1. The first-order chi connectivity index (χ1) is 15.7. The van der Waals surface area contributed by atoms with Gasteiger partial charge in [-0.05, 0) is 42.0 Å². The molecule has 0 spiro atoms. The molecule has 0 atom stereocenters. The van der Waals surface area contributed by atoms with Gasteiger partial charge in [0.2, 0.25) is 5.89 Å². The van der Waals surface area contributed by atoms with Gasteiger partial charge in [-0.15, -0.1) is 0 Å². The van der Waals surface area contributed by atoms with E-state index in [0.717, 1.165) is 22.4 Å². The standard InChI is InChI=1S/C26H21N3O3/c1-31-26(30)22-11-5-9-20(15-22)13-14-21-10-6-12-23(16-21)27-18-25-28-24(29-32-25)17-19-7-3-2-4-8-19/h2-12,15-16,27H,17-18H2,1H3. The molecule has 4 rings (SSSR count). The molecule has 0 saturated carbocycles. The zero-order valence-electron chi connectivity index (χ0n) is 17.5. The van der Waals surface area contributed by atoms with E-state index < -0.39 is 0 Å². The number of carbonyl (C=O) groups excluding carboxylic acids is 1. The third kappa shape index (κ3) is 5.61. The van der Waals surface area contributed by atoms with E-state index in [1.807, 2.05) is 60.7 Å². The lowest BCUT2D eigenvalue weighted by Crippen LogP contribution is -2.01. The van der Waals surface area contributed by atoms with Crippen LogP contribution in [0.1, 0.15) is 38.8 Å². The van der Waals surface area contributed by atoms with Gasteiger partial charge in [-0.1, -0.05) is 59.5 Å². The molecule has 6 heteroatoms. The number of ether oxygens (including phenoxy) is 1. The Bertz CT molecular complexity index is 1270. The summed E-state index contributed by atoms with van der Waals surface area (Å²) in [7, 11) is 1.36. The van der Waals surface area contributed by atoms with Gasteiger partial charge < -0.3 is 14.6 Å². The molecule has 0 amide bonds. The summed E-state index contributed by atoms with van der Waals surface area (Å²) < 4.78 is 10.1. The highest BCUT2D eigenvalue weighted by Crippen LogP contribution is 2.13. The van der Waals surface area contributed by atoms with E-state index >= 15 is 0 Å². The first-order valence-electron chi connectivity index (χ1n) is 10.1. The second-order valence-corrected chi connectivity index (χ2v) is 7.02. The first kappa shape index (κ1) is 20.9. The van der Waals surface area contributed by atoms with Crippen molar-refractivity contribution in [3.8, 4) is 11.8 Å². The van der Waals surface area contributed by atoms with Gasteiger partial charge in [0.15, 0.2) is 5.82 Å². The lowest BCUT2D eigenvalue weighted by atomic mass is 10.1. The maximum absolute atomic E-state index is 11.7. The molecule has 0 bridgehead atoms. The molecular weight excluding hydrogens is 402 g/mol. The van der Waals surface area contributed by atoms with Crippen molar-refractivity contribution < 1.29 is 14.1 Å². The monoisotopic (exact) mass is 423 g/mol. The molecule has 158 valence electrons. The second kappa shape index (κ2) is 10.1. The molecule has 4 aromatic rings. The summed E-state index contributed by atoms with van der Waals surface area (Å²) in [6.07, 6.45) is 0.632. The zero-order valence-corrected chi connectivity index (χ0v) is 17.5. The Labute approximate surface area is 186 Å². The van der Waals surface area contributed by atoms with E-state index in [0.29, 0.717) is 30.2 Å². The molecule has 1 aromatic heterocycles. The molecule has 0 fully saturated rings. The van der Waals surface area contributed by atoms with Crippen molar-refractivity contribution >= 4 is 11.7 Å². The highest BCUT2D eigenvalue weighted by molar-refractivity contribution is 5.89. The summed E-state index contributed by atoms with van der Waals surface area (Å²) in [5, 5.41) is 7.33. The Morgan fingerprint density at radius 1 is 0.969 bits per heavy atom. The van der Waals surface area contributed by atoms with Crippen LogP contribution in [0.25, 0.3) is 0 Å². The number of methoxy groups -OCH3 is 1. The fourth-order valence-corrected chi connectivity index (χ4v) is 3.08. The number of benzene rings is 3. The number of hydrogen-bond acceptors (Lipinski definition) is 6. The number of nitrogens with one attached hydrogen (secondary N) is 1. The SMILES string of the molecule is COC(=O)c1cccc(C#Cc2cccc(NCc3nc(Cc4ccccc4)no3)c2)c1. The van der Waals surface area contributed by atoms with Crippen LogP contribution >= 0.6 is 0 Å². The van der Waals surface area contributed by atoms with Gasteiger partial charge in [0.05, 0.1) is 19.2 Å². The minimum atomic E-state index is -0.382. The van der Waals surface area contributed by atoms with E-state index in [2.05, 4.69) is 27.3 Å². The molecule has 0 aliphatic rings. The third-order valence-corrected chi connectivity index (χ3v) is 4.66. The molecule has 1 heterocycles. The van der Waals surface area contributed by atoms with Crippen LogP contribution in [0.2, 0.25) is 0 Å². The minimum Gasteiger partial charge on any atom is -0.465 e. The number of hydrogen-bond donors (Lipinski definition) is 1. The van der Waals surface area contributed by atoms with Crippen molar-refractivity contribution in [2.45, 2.75) is 13.0 Å². The molecule has 32 heavy (non-hydrogen) atoms. The van der Waals surface area contributed by atoms with Crippen LogP contribution in [0.15, 0.2) is 83.4 Å². The van der Waals surface area contributed by atoms with Crippen LogP contribution < -0.4 is 5.32 Å². The van der Waals surface area contributed by atoms with Crippen molar-refractivity contribution in [2.75, 3.05) is 12.4 Å². The Morgan fingerprint density at radius 3 is 2.50 bits per heavy atom. The van der Waals surface area contributed by atoms with E-state index in [1.54, 1.807) is 18.2 Å². The number of nitrogens with zero attached hydrogens (tertiary/aromatic N) is 2. The topological polar surface area (TPSA) is 77.2 Å².